The van der Waals surface area contributed by atoms with Crippen LogP contribution in [0.4, 0.5) is 0 Å². The number of aldehydes is 1. The van der Waals surface area contributed by atoms with Gasteiger partial charge in [0.2, 0.25) is 0 Å². The van der Waals surface area contributed by atoms with Crippen LogP contribution in [0.25, 0.3) is 0 Å². The van der Waals surface area contributed by atoms with Crippen LogP contribution in [0.15, 0.2) is 0 Å². The molecule has 2 N–H and O–H groups in total. The number of methoxy groups -OCH3 is 2. The third-order valence-corrected chi connectivity index (χ3v) is 1.44. The van der Waals surface area contributed by atoms with Crippen molar-refractivity contribution in [3.8, 4) is 0 Å². The summed E-state index contributed by atoms with van der Waals surface area (Å²) in [5.41, 5.74) is 0. The molecule has 0 unspecified atom stereocenters. The van der Waals surface area contributed by atoms with Gasteiger partial charge in [0.25, 0.3) is 0 Å². The molecular weight excluding hydrogens is 164 g/mol. The number of carbonyl (C=O) groups excluding carboxylic acids is 1. The lowest BCUT2D eigenvalue weighted by molar-refractivity contribution is -0.134. The first kappa shape index (κ1) is 8.12. The van der Waals surface area contributed by atoms with Crippen molar-refractivity contribution < 1.29 is 27.2 Å². The summed E-state index contributed by atoms with van der Waals surface area (Å²) >= 11 is 0. The van der Waals surface area contributed by atoms with E-state index in [-0.39, 0.29) is 0 Å². The van der Waals surface area contributed by atoms with E-state index < -0.39 is 39.1 Å². The molecule has 0 bridgehead atoms. The van der Waals surface area contributed by atoms with E-state index in [0.29, 0.717) is 6.29 Å². The third-order valence-electron chi connectivity index (χ3n) is 1.44. The molecule has 0 aliphatic carbocycles. The van der Waals surface area contributed by atoms with E-state index >= 15 is 0 Å². The normalized spacial score (nSPS) is 20.5. The smallest absolute Gasteiger partial charge is 0.151 e. The first-order valence-corrected chi connectivity index (χ1v) is 3.27. The van der Waals surface area contributed by atoms with E-state index in [0.717, 1.165) is 0 Å². The zero-order valence-corrected chi connectivity index (χ0v) is 6.55. The fraction of sp³-hybridized carbons (Fsp3) is 0.857. The van der Waals surface area contributed by atoms with Crippen molar-refractivity contribution in [3.05, 3.63) is 0 Å². The minimum Gasteiger partial charge on any atom is -0.394 e. The maximum atomic E-state index is 10.4. The van der Waals surface area contributed by atoms with Gasteiger partial charge in [-0.2, -0.15) is 0 Å². The van der Waals surface area contributed by atoms with Crippen molar-refractivity contribution in [2.45, 2.75) is 18.3 Å². The number of carbonyl (C=O) groups is 1. The van der Waals surface area contributed by atoms with Crippen LogP contribution in [0, 0.1) is 0 Å². The molecule has 0 saturated carbocycles. The molecular formula is C7H14O5. The maximum Gasteiger partial charge on any atom is 0.151 e. The van der Waals surface area contributed by atoms with Crippen LogP contribution < -0.4 is 0 Å². The van der Waals surface area contributed by atoms with Crippen molar-refractivity contribution in [2.75, 3.05) is 20.8 Å². The number of aliphatic hydroxyl groups is 2. The summed E-state index contributed by atoms with van der Waals surface area (Å²) in [7, 11) is -0.909. The van der Waals surface area contributed by atoms with Gasteiger partial charge in [0.1, 0.15) is 18.3 Å². The molecule has 0 aromatic heterocycles. The van der Waals surface area contributed by atoms with Crippen LogP contribution in [0.2, 0.25) is 0 Å². The third kappa shape index (κ3) is 2.86. The Labute approximate surface area is 73.7 Å². The van der Waals surface area contributed by atoms with Gasteiger partial charge < -0.3 is 24.5 Å². The summed E-state index contributed by atoms with van der Waals surface area (Å²) in [5.74, 6) is 0. The second-order valence-corrected chi connectivity index (χ2v) is 2.15. The highest BCUT2D eigenvalue weighted by atomic mass is 16.5. The molecule has 0 saturated heterocycles. The second kappa shape index (κ2) is 6.07. The zero-order valence-electron chi connectivity index (χ0n) is 8.55. The number of aliphatic hydroxyl groups excluding tert-OH is 2. The fourth-order valence-corrected chi connectivity index (χ4v) is 0.689. The predicted octanol–water partition coefficient (Wildman–Crippen LogP) is -1.43. The summed E-state index contributed by atoms with van der Waals surface area (Å²) in [4.78, 5) is 10.4. The highest BCUT2D eigenvalue weighted by Gasteiger charge is 2.26. The number of ether oxygens (including phenoxy) is 2. The van der Waals surface area contributed by atoms with Crippen molar-refractivity contribution in [1.82, 2.24) is 0 Å². The van der Waals surface area contributed by atoms with Crippen LogP contribution in [0.1, 0.15) is 2.74 Å². The average molecular weight is 180 g/mol. The maximum absolute atomic E-state index is 10.4. The molecule has 5 heteroatoms. The molecule has 3 atom stereocenters. The highest BCUT2D eigenvalue weighted by molar-refractivity contribution is 5.57. The van der Waals surface area contributed by atoms with Crippen LogP contribution >= 0.6 is 0 Å². The predicted molar refractivity (Wildman–Crippen MR) is 40.8 cm³/mol. The number of rotatable bonds is 6. The molecule has 72 valence electrons. The summed E-state index contributed by atoms with van der Waals surface area (Å²) in [5, 5.41) is 18.2. The molecule has 0 fully saturated rings. The second-order valence-electron chi connectivity index (χ2n) is 2.15. The summed E-state index contributed by atoms with van der Waals surface area (Å²) in [6, 6.07) is 0. The Bertz CT molecular complexity index is 157. The molecule has 0 rings (SSSR count). The zero-order chi connectivity index (χ0) is 11.0. The minimum atomic E-state index is -1.37. The van der Waals surface area contributed by atoms with Crippen LogP contribution in [0.3, 0.4) is 0 Å². The molecule has 0 aromatic rings. The average Bonchev–Trinajstić information content (AvgIpc) is 2.21. The van der Waals surface area contributed by atoms with Crippen molar-refractivity contribution in [1.29, 1.82) is 0 Å². The van der Waals surface area contributed by atoms with Gasteiger partial charge in [0.05, 0.1) is 9.35 Å². The van der Waals surface area contributed by atoms with Crippen LogP contribution in [0.5, 0.6) is 0 Å². The van der Waals surface area contributed by atoms with Gasteiger partial charge in [-0.1, -0.05) is 0 Å². The van der Waals surface area contributed by atoms with Gasteiger partial charge in [0.15, 0.2) is 6.29 Å². The van der Waals surface area contributed by atoms with E-state index in [4.69, 9.17) is 7.85 Å². The van der Waals surface area contributed by atoms with Gasteiger partial charge >= 0.3 is 0 Å². The SMILES string of the molecule is [2H]CO[C@@H](C=O)[C@@H](O)[C@@H](CO)OC[2H]. The van der Waals surface area contributed by atoms with Crippen molar-refractivity contribution >= 4 is 6.29 Å². The fourth-order valence-electron chi connectivity index (χ4n) is 0.689. The van der Waals surface area contributed by atoms with Gasteiger partial charge in [-0.15, -0.1) is 0 Å². The molecule has 5 nitrogen and oxygen atoms in total. The lowest BCUT2D eigenvalue weighted by Gasteiger charge is -2.22. The molecule has 0 aromatic carbocycles. The first-order chi connectivity index (χ1) is 6.71. The van der Waals surface area contributed by atoms with Crippen LogP contribution in [-0.4, -0.2) is 55.6 Å². The Hall–Kier alpha value is -0.490. The lowest BCUT2D eigenvalue weighted by atomic mass is 10.1. The van der Waals surface area contributed by atoms with Gasteiger partial charge in [-0.25, -0.2) is 0 Å². The quantitative estimate of drug-likeness (QED) is 0.490. The van der Waals surface area contributed by atoms with Gasteiger partial charge in [-0.05, 0) is 0 Å². The summed E-state index contributed by atoms with van der Waals surface area (Å²) in [6.07, 6.45) is -3.30. The van der Waals surface area contributed by atoms with Gasteiger partial charge in [0, 0.05) is 14.2 Å². The number of hydrogen-bond donors (Lipinski definition) is 2. The molecule has 0 aliphatic heterocycles. The van der Waals surface area contributed by atoms with Crippen molar-refractivity contribution in [3.63, 3.8) is 0 Å². The Kier molecular flexibility index (Phi) is 4.11. The Morgan fingerprint density at radius 2 is 2.25 bits per heavy atom. The van der Waals surface area contributed by atoms with Crippen molar-refractivity contribution in [2.24, 2.45) is 0 Å². The summed E-state index contributed by atoms with van der Waals surface area (Å²) < 4.78 is 22.6. The van der Waals surface area contributed by atoms with Gasteiger partial charge in [-0.3, -0.25) is 0 Å². The summed E-state index contributed by atoms with van der Waals surface area (Å²) in [6.45, 7) is -0.522. The van der Waals surface area contributed by atoms with E-state index in [1.807, 2.05) is 0 Å². The molecule has 0 amide bonds. The lowest BCUT2D eigenvalue weighted by Crippen LogP contribution is -2.42. The molecule has 0 radical (unpaired) electrons. The molecule has 0 heterocycles. The van der Waals surface area contributed by atoms with E-state index in [2.05, 4.69) is 9.47 Å². The van der Waals surface area contributed by atoms with E-state index in [1.54, 1.807) is 0 Å². The van der Waals surface area contributed by atoms with Crippen LogP contribution in [-0.2, 0) is 14.3 Å². The largest absolute Gasteiger partial charge is 0.394 e. The van der Waals surface area contributed by atoms with E-state index in [1.165, 1.54) is 0 Å². The molecule has 0 spiro atoms. The van der Waals surface area contributed by atoms with E-state index in [9.17, 15) is 9.90 Å². The standard InChI is InChI=1S/C7H14O5/c1-11-5(3-8)7(10)6(4-9)12-2/h3,5-7,9-10H,4H2,1-2H3/t5-,6+,7+/m0/s1/i1D,2D. The Balaban J connectivity index is 4.20. The first-order valence-electron chi connectivity index (χ1n) is 4.68. The monoisotopic (exact) mass is 180 g/mol. The minimum absolute atomic E-state index is 0.329. The topological polar surface area (TPSA) is 76.0 Å². The Morgan fingerprint density at radius 1 is 1.58 bits per heavy atom. The highest BCUT2D eigenvalue weighted by Crippen LogP contribution is 2.04. The molecule has 12 heavy (non-hydrogen) atoms. The number of hydrogen-bond acceptors (Lipinski definition) is 5. The Morgan fingerprint density at radius 3 is 2.67 bits per heavy atom. The molecule has 0 aliphatic rings.